The fourth-order valence-corrected chi connectivity index (χ4v) is 1.19. The first-order valence-corrected chi connectivity index (χ1v) is 5.01. The number of carbonyl (C=O) groups is 2. The maximum absolute atomic E-state index is 10.6. The molecular formula is C11H19NO2. The lowest BCUT2D eigenvalue weighted by Crippen LogP contribution is -2.12. The first kappa shape index (κ1) is 13.0. The number of unbranched alkanes of at least 4 members (excludes halogenated alkanes) is 2. The Bertz CT molecular complexity index is 209. The van der Waals surface area contributed by atoms with Crippen LogP contribution in [-0.4, -0.2) is 18.3 Å². The van der Waals surface area contributed by atoms with E-state index in [0.29, 0.717) is 12.7 Å². The van der Waals surface area contributed by atoms with Crippen molar-refractivity contribution in [2.45, 2.75) is 46.0 Å². The highest BCUT2D eigenvalue weighted by atomic mass is 16.1. The third-order valence-electron chi connectivity index (χ3n) is 2.23. The molecule has 0 aromatic rings. The van der Waals surface area contributed by atoms with E-state index in [0.717, 1.165) is 32.0 Å². The predicted octanol–water partition coefficient (Wildman–Crippen LogP) is 2.38. The van der Waals surface area contributed by atoms with Crippen molar-refractivity contribution in [1.29, 1.82) is 5.41 Å². The Balaban J connectivity index is 3.43. The average molecular weight is 197 g/mol. The number of aldehydes is 2. The molecule has 14 heavy (non-hydrogen) atoms. The highest BCUT2D eigenvalue weighted by molar-refractivity contribution is 6.26. The second kappa shape index (κ2) is 6.46. The van der Waals surface area contributed by atoms with Crippen molar-refractivity contribution in [1.82, 2.24) is 0 Å². The fraction of sp³-hybridized carbons (Fsp3) is 0.727. The second-order valence-electron chi connectivity index (χ2n) is 4.31. The van der Waals surface area contributed by atoms with Gasteiger partial charge in [0.1, 0.15) is 6.29 Å². The molecule has 0 fully saturated rings. The molecule has 0 radical (unpaired) electrons. The molecule has 80 valence electrons. The molecule has 3 nitrogen and oxygen atoms in total. The smallest absolute Gasteiger partial charge is 0.163 e. The van der Waals surface area contributed by atoms with E-state index >= 15 is 0 Å². The Labute approximate surface area is 85.4 Å². The van der Waals surface area contributed by atoms with Gasteiger partial charge in [0.2, 0.25) is 0 Å². The first-order valence-electron chi connectivity index (χ1n) is 5.01. The Kier molecular flexibility index (Phi) is 6.00. The minimum atomic E-state index is -0.224. The predicted molar refractivity (Wildman–Crippen MR) is 56.7 cm³/mol. The summed E-state index contributed by atoms with van der Waals surface area (Å²) in [5.41, 5.74) is -0.0577. The molecule has 3 heteroatoms. The van der Waals surface area contributed by atoms with Crippen molar-refractivity contribution in [3.63, 3.8) is 0 Å². The zero-order valence-corrected chi connectivity index (χ0v) is 9.01. The van der Waals surface area contributed by atoms with Crippen molar-refractivity contribution in [2.24, 2.45) is 5.41 Å². The van der Waals surface area contributed by atoms with Gasteiger partial charge < -0.3 is 10.2 Å². The van der Waals surface area contributed by atoms with Gasteiger partial charge in [-0.25, -0.2) is 0 Å². The maximum atomic E-state index is 10.6. The van der Waals surface area contributed by atoms with Gasteiger partial charge in [-0.1, -0.05) is 26.7 Å². The van der Waals surface area contributed by atoms with Gasteiger partial charge >= 0.3 is 0 Å². The highest BCUT2D eigenvalue weighted by Gasteiger charge is 2.14. The molecule has 0 bridgehead atoms. The monoisotopic (exact) mass is 197 g/mol. The second-order valence-corrected chi connectivity index (χ2v) is 4.31. The van der Waals surface area contributed by atoms with Crippen LogP contribution in [-0.2, 0) is 9.59 Å². The Morgan fingerprint density at radius 3 is 2.36 bits per heavy atom. The Morgan fingerprint density at radius 2 is 1.86 bits per heavy atom. The van der Waals surface area contributed by atoms with Crippen LogP contribution in [0.5, 0.6) is 0 Å². The normalized spacial score (nSPS) is 11.0. The maximum Gasteiger partial charge on any atom is 0.163 e. The number of rotatable bonds is 8. The van der Waals surface area contributed by atoms with E-state index in [1.807, 2.05) is 13.8 Å². The van der Waals surface area contributed by atoms with E-state index in [4.69, 9.17) is 5.41 Å². The van der Waals surface area contributed by atoms with E-state index < -0.39 is 0 Å². The van der Waals surface area contributed by atoms with Crippen molar-refractivity contribution in [2.75, 3.05) is 0 Å². The molecule has 0 atom stereocenters. The molecule has 0 heterocycles. The van der Waals surface area contributed by atoms with Crippen LogP contribution in [0.1, 0.15) is 46.0 Å². The van der Waals surface area contributed by atoms with E-state index in [2.05, 4.69) is 0 Å². The highest BCUT2D eigenvalue weighted by Crippen LogP contribution is 2.20. The van der Waals surface area contributed by atoms with Crippen LogP contribution in [0.15, 0.2) is 0 Å². The van der Waals surface area contributed by atoms with Crippen LogP contribution in [0, 0.1) is 10.8 Å². The molecule has 0 saturated heterocycles. The van der Waals surface area contributed by atoms with Crippen molar-refractivity contribution < 1.29 is 9.59 Å². The molecule has 1 N–H and O–H groups in total. The SMILES string of the molecule is CC(C)(C=O)CCCCCC(=N)C=O. The number of nitrogens with one attached hydrogen (secondary N) is 1. The zero-order chi connectivity index (χ0) is 11.0. The van der Waals surface area contributed by atoms with Crippen LogP contribution < -0.4 is 0 Å². The molecule has 0 spiro atoms. The van der Waals surface area contributed by atoms with Gasteiger partial charge in [0.25, 0.3) is 0 Å². The lowest BCUT2D eigenvalue weighted by molar-refractivity contribution is -0.115. The van der Waals surface area contributed by atoms with Gasteiger partial charge in [-0.15, -0.1) is 0 Å². The molecule has 0 aliphatic heterocycles. The summed E-state index contributed by atoms with van der Waals surface area (Å²) in [6.45, 7) is 3.85. The molecular weight excluding hydrogens is 178 g/mol. The van der Waals surface area contributed by atoms with Gasteiger partial charge in [-0.05, 0) is 19.3 Å². The summed E-state index contributed by atoms with van der Waals surface area (Å²) in [4.78, 5) is 20.7. The lowest BCUT2D eigenvalue weighted by Gasteiger charge is -2.15. The first-order chi connectivity index (χ1) is 6.52. The van der Waals surface area contributed by atoms with Crippen molar-refractivity contribution in [3.05, 3.63) is 0 Å². The Hall–Kier alpha value is -0.990. The van der Waals surface area contributed by atoms with Crippen LogP contribution in [0.25, 0.3) is 0 Å². The third-order valence-corrected chi connectivity index (χ3v) is 2.23. The minimum absolute atomic E-state index is 0.166. The van der Waals surface area contributed by atoms with Crippen LogP contribution in [0.2, 0.25) is 0 Å². The molecule has 0 amide bonds. The van der Waals surface area contributed by atoms with Crippen LogP contribution in [0.4, 0.5) is 0 Å². The molecule has 0 aliphatic rings. The molecule has 0 aromatic carbocycles. The lowest BCUT2D eigenvalue weighted by atomic mass is 9.88. The van der Waals surface area contributed by atoms with Gasteiger partial charge in [0.05, 0.1) is 5.71 Å². The summed E-state index contributed by atoms with van der Waals surface area (Å²) in [6.07, 6.45) is 5.85. The molecule has 0 unspecified atom stereocenters. The summed E-state index contributed by atoms with van der Waals surface area (Å²) in [5.74, 6) is 0. The van der Waals surface area contributed by atoms with E-state index in [9.17, 15) is 9.59 Å². The van der Waals surface area contributed by atoms with Crippen molar-refractivity contribution in [3.8, 4) is 0 Å². The van der Waals surface area contributed by atoms with Gasteiger partial charge in [-0.2, -0.15) is 0 Å². The summed E-state index contributed by atoms with van der Waals surface area (Å²) in [6, 6.07) is 0. The molecule has 0 saturated carbocycles. The Morgan fingerprint density at radius 1 is 1.21 bits per heavy atom. The summed E-state index contributed by atoms with van der Waals surface area (Å²) >= 11 is 0. The van der Waals surface area contributed by atoms with Crippen molar-refractivity contribution >= 4 is 18.3 Å². The van der Waals surface area contributed by atoms with E-state index in [-0.39, 0.29) is 11.1 Å². The van der Waals surface area contributed by atoms with E-state index in [1.54, 1.807) is 0 Å². The van der Waals surface area contributed by atoms with E-state index in [1.165, 1.54) is 0 Å². The fourth-order valence-electron chi connectivity index (χ4n) is 1.19. The van der Waals surface area contributed by atoms with Gasteiger partial charge in [-0.3, -0.25) is 4.79 Å². The van der Waals surface area contributed by atoms with Crippen LogP contribution >= 0.6 is 0 Å². The zero-order valence-electron chi connectivity index (χ0n) is 9.01. The molecule has 0 aromatic heterocycles. The topological polar surface area (TPSA) is 58.0 Å². The summed E-state index contributed by atoms with van der Waals surface area (Å²) in [7, 11) is 0. The quantitative estimate of drug-likeness (QED) is 0.369. The standard InChI is InChI=1S/C11H19NO2/c1-11(2,9-14)7-5-3-4-6-10(12)8-13/h8-9,12H,3-7H2,1-2H3. The third kappa shape index (κ3) is 6.52. The largest absolute Gasteiger partial charge is 0.303 e. The molecule has 0 rings (SSSR count). The minimum Gasteiger partial charge on any atom is -0.303 e. The van der Waals surface area contributed by atoms with Gasteiger partial charge in [0, 0.05) is 5.41 Å². The number of hydrogen-bond acceptors (Lipinski definition) is 3. The summed E-state index contributed by atoms with van der Waals surface area (Å²) < 4.78 is 0. The average Bonchev–Trinajstić information content (AvgIpc) is 2.17. The summed E-state index contributed by atoms with van der Waals surface area (Å²) in [5, 5.41) is 7.11. The molecule has 0 aliphatic carbocycles. The number of hydrogen-bond donors (Lipinski definition) is 1. The number of carbonyl (C=O) groups excluding carboxylic acids is 2. The van der Waals surface area contributed by atoms with Crippen LogP contribution in [0.3, 0.4) is 0 Å². The van der Waals surface area contributed by atoms with Gasteiger partial charge in [0.15, 0.2) is 6.29 Å².